The molecule has 0 fully saturated rings. The number of nitrogens with zero attached hydrogens (tertiary/aromatic N) is 2. The Balaban J connectivity index is 4.69. The molecule has 0 aromatic carbocycles. The lowest BCUT2D eigenvalue weighted by molar-refractivity contribution is -0.245. The highest BCUT2D eigenvalue weighted by atomic mass is 16.7. The van der Waals surface area contributed by atoms with Crippen molar-refractivity contribution in [1.29, 1.82) is 0 Å². The SMILES string of the molecule is CCCCCCCCCC(ON(CCC)[C@@H](CCCN=C(N)N)C(=O)O)C(C)O. The molecule has 8 nitrogen and oxygen atoms in total. The molecule has 0 radical (unpaired) electrons. The molecule has 0 amide bonds. The van der Waals surface area contributed by atoms with Crippen molar-refractivity contribution < 1.29 is 19.8 Å². The summed E-state index contributed by atoms with van der Waals surface area (Å²) in [5.41, 5.74) is 10.6. The van der Waals surface area contributed by atoms with Crippen LogP contribution in [-0.2, 0) is 9.63 Å². The van der Waals surface area contributed by atoms with Gasteiger partial charge in [0.25, 0.3) is 0 Å². The van der Waals surface area contributed by atoms with Crippen molar-refractivity contribution in [3.05, 3.63) is 0 Å². The minimum absolute atomic E-state index is 0.00222. The Bertz CT molecular complexity index is 442. The van der Waals surface area contributed by atoms with Gasteiger partial charge in [0.15, 0.2) is 5.96 Å². The molecule has 172 valence electrons. The normalized spacial score (nSPS) is 14.5. The van der Waals surface area contributed by atoms with Gasteiger partial charge in [-0.25, -0.2) is 0 Å². The Labute approximate surface area is 176 Å². The van der Waals surface area contributed by atoms with Crippen LogP contribution in [0.5, 0.6) is 0 Å². The fourth-order valence-corrected chi connectivity index (χ4v) is 3.24. The topological polar surface area (TPSA) is 134 Å². The zero-order chi connectivity index (χ0) is 22.1. The van der Waals surface area contributed by atoms with E-state index in [0.717, 1.165) is 19.3 Å². The maximum atomic E-state index is 11.8. The van der Waals surface area contributed by atoms with E-state index in [0.29, 0.717) is 32.4 Å². The van der Waals surface area contributed by atoms with Crippen LogP contribution in [0, 0.1) is 0 Å². The van der Waals surface area contributed by atoms with Crippen LogP contribution in [-0.4, -0.2) is 58.5 Å². The minimum Gasteiger partial charge on any atom is -0.480 e. The summed E-state index contributed by atoms with van der Waals surface area (Å²) in [6, 6.07) is -0.792. The first-order valence-corrected chi connectivity index (χ1v) is 11.2. The standard InChI is InChI=1S/C21H44N4O4/c1-4-6-7-8-9-10-11-14-19(17(3)26)29-25(16-5-2)18(20(27)28)13-12-15-24-21(22)23/h17-19,26H,4-16H2,1-3H3,(H,27,28)(H4,22,23,24)/t17?,18-,19?/m0/s1. The average molecular weight is 417 g/mol. The van der Waals surface area contributed by atoms with E-state index in [9.17, 15) is 15.0 Å². The Kier molecular flexibility index (Phi) is 16.6. The fourth-order valence-electron chi connectivity index (χ4n) is 3.24. The number of unbranched alkanes of at least 4 members (excludes halogenated alkanes) is 6. The molecule has 0 spiro atoms. The molecular formula is C21H44N4O4. The van der Waals surface area contributed by atoms with Gasteiger partial charge >= 0.3 is 5.97 Å². The molecule has 0 rings (SSSR count). The van der Waals surface area contributed by atoms with Gasteiger partial charge in [-0.05, 0) is 32.6 Å². The number of hydroxylamine groups is 2. The van der Waals surface area contributed by atoms with Gasteiger partial charge in [0.2, 0.25) is 0 Å². The fraction of sp³-hybridized carbons (Fsp3) is 0.905. The van der Waals surface area contributed by atoms with Crippen LogP contribution in [0.4, 0.5) is 0 Å². The first-order valence-electron chi connectivity index (χ1n) is 11.2. The van der Waals surface area contributed by atoms with Crippen LogP contribution in [0.15, 0.2) is 4.99 Å². The van der Waals surface area contributed by atoms with E-state index in [1.165, 1.54) is 37.2 Å². The molecule has 29 heavy (non-hydrogen) atoms. The van der Waals surface area contributed by atoms with E-state index in [2.05, 4.69) is 11.9 Å². The number of aliphatic hydroxyl groups excluding tert-OH is 1. The van der Waals surface area contributed by atoms with E-state index >= 15 is 0 Å². The van der Waals surface area contributed by atoms with E-state index in [4.69, 9.17) is 16.3 Å². The Hall–Kier alpha value is -1.38. The summed E-state index contributed by atoms with van der Waals surface area (Å²) in [6.07, 6.45) is 9.60. The third-order valence-electron chi connectivity index (χ3n) is 4.91. The number of rotatable bonds is 19. The number of hydrogen-bond acceptors (Lipinski definition) is 5. The number of nitrogens with two attached hydrogens (primary N) is 2. The first kappa shape index (κ1) is 27.6. The summed E-state index contributed by atoms with van der Waals surface area (Å²) in [5.74, 6) is -0.939. The van der Waals surface area contributed by atoms with Crippen LogP contribution < -0.4 is 11.5 Å². The molecule has 0 bridgehead atoms. The number of aliphatic imine (C=N–C) groups is 1. The second kappa shape index (κ2) is 17.5. The molecule has 0 aromatic rings. The molecule has 0 aromatic heterocycles. The summed E-state index contributed by atoms with van der Waals surface area (Å²) in [4.78, 5) is 21.7. The van der Waals surface area contributed by atoms with Crippen molar-refractivity contribution in [3.8, 4) is 0 Å². The highest BCUT2D eigenvalue weighted by Gasteiger charge is 2.29. The lowest BCUT2D eigenvalue weighted by atomic mass is 10.0. The predicted molar refractivity (Wildman–Crippen MR) is 117 cm³/mol. The van der Waals surface area contributed by atoms with Gasteiger partial charge in [0.05, 0.1) is 6.10 Å². The van der Waals surface area contributed by atoms with Gasteiger partial charge in [-0.2, -0.15) is 5.06 Å². The van der Waals surface area contributed by atoms with E-state index in [1.54, 1.807) is 6.92 Å². The number of carboxylic acid groups (broad SMARTS) is 1. The van der Waals surface area contributed by atoms with Crippen LogP contribution in [0.25, 0.3) is 0 Å². The third-order valence-corrected chi connectivity index (χ3v) is 4.91. The smallest absolute Gasteiger partial charge is 0.323 e. The second-order valence-corrected chi connectivity index (χ2v) is 7.74. The van der Waals surface area contributed by atoms with Crippen LogP contribution in [0.3, 0.4) is 0 Å². The molecule has 0 aliphatic carbocycles. The molecule has 0 saturated carbocycles. The highest BCUT2D eigenvalue weighted by molar-refractivity contribution is 5.75. The number of aliphatic carboxylic acids is 1. The minimum atomic E-state index is -0.941. The van der Waals surface area contributed by atoms with Gasteiger partial charge in [0, 0.05) is 13.1 Å². The quantitative estimate of drug-likeness (QED) is 0.110. The van der Waals surface area contributed by atoms with Crippen molar-refractivity contribution in [2.24, 2.45) is 16.5 Å². The number of aliphatic hydroxyl groups is 1. The average Bonchev–Trinajstić information content (AvgIpc) is 2.65. The molecule has 0 aliphatic heterocycles. The van der Waals surface area contributed by atoms with Gasteiger partial charge in [0.1, 0.15) is 12.1 Å². The molecule has 3 atom stereocenters. The zero-order valence-corrected chi connectivity index (χ0v) is 18.7. The van der Waals surface area contributed by atoms with Crippen LogP contribution >= 0.6 is 0 Å². The number of guanidine groups is 1. The van der Waals surface area contributed by atoms with Gasteiger partial charge in [-0.15, -0.1) is 0 Å². The Morgan fingerprint density at radius 2 is 1.62 bits per heavy atom. The van der Waals surface area contributed by atoms with Gasteiger partial charge < -0.3 is 21.7 Å². The molecule has 0 saturated heterocycles. The third kappa shape index (κ3) is 14.3. The molecule has 8 heteroatoms. The Morgan fingerprint density at radius 3 is 2.14 bits per heavy atom. The summed E-state index contributed by atoms with van der Waals surface area (Å²) in [5, 5.41) is 21.4. The van der Waals surface area contributed by atoms with Gasteiger partial charge in [-0.1, -0.05) is 58.8 Å². The number of carboxylic acids is 1. The summed E-state index contributed by atoms with van der Waals surface area (Å²) in [7, 11) is 0. The van der Waals surface area contributed by atoms with E-state index < -0.39 is 24.2 Å². The summed E-state index contributed by atoms with van der Waals surface area (Å²) >= 11 is 0. The van der Waals surface area contributed by atoms with E-state index in [1.807, 2.05) is 6.92 Å². The summed E-state index contributed by atoms with van der Waals surface area (Å²) < 4.78 is 0. The van der Waals surface area contributed by atoms with Gasteiger partial charge in [-0.3, -0.25) is 14.6 Å². The lowest BCUT2D eigenvalue weighted by Gasteiger charge is -2.32. The predicted octanol–water partition coefficient (Wildman–Crippen LogP) is 3.03. The molecule has 2 unspecified atom stereocenters. The first-order chi connectivity index (χ1) is 13.8. The van der Waals surface area contributed by atoms with Crippen molar-refractivity contribution in [2.75, 3.05) is 13.1 Å². The van der Waals surface area contributed by atoms with Crippen LogP contribution in [0.2, 0.25) is 0 Å². The van der Waals surface area contributed by atoms with Crippen molar-refractivity contribution in [1.82, 2.24) is 5.06 Å². The second-order valence-electron chi connectivity index (χ2n) is 7.74. The summed E-state index contributed by atoms with van der Waals surface area (Å²) in [6.45, 7) is 6.74. The molecule has 0 aliphatic rings. The van der Waals surface area contributed by atoms with Crippen LogP contribution in [0.1, 0.15) is 91.4 Å². The van der Waals surface area contributed by atoms with E-state index in [-0.39, 0.29) is 5.96 Å². The monoisotopic (exact) mass is 416 g/mol. The van der Waals surface area contributed by atoms with Crippen molar-refractivity contribution in [2.45, 2.75) is 110 Å². The lowest BCUT2D eigenvalue weighted by Crippen LogP contribution is -2.46. The number of carbonyl (C=O) groups is 1. The van der Waals surface area contributed by atoms with Crippen molar-refractivity contribution >= 4 is 11.9 Å². The molecule has 6 N–H and O–H groups in total. The zero-order valence-electron chi connectivity index (χ0n) is 18.7. The molecular weight excluding hydrogens is 372 g/mol. The molecule has 0 heterocycles. The Morgan fingerprint density at radius 1 is 1.00 bits per heavy atom. The number of hydrogen-bond donors (Lipinski definition) is 4. The largest absolute Gasteiger partial charge is 0.480 e. The maximum Gasteiger partial charge on any atom is 0.323 e. The van der Waals surface area contributed by atoms with Crippen molar-refractivity contribution in [3.63, 3.8) is 0 Å². The maximum absolute atomic E-state index is 11.8. The highest BCUT2D eigenvalue weighted by Crippen LogP contribution is 2.18.